The van der Waals surface area contributed by atoms with Crippen LogP contribution in [0.15, 0.2) is 76.9 Å². The lowest BCUT2D eigenvalue weighted by molar-refractivity contribution is 0.0653. The van der Waals surface area contributed by atoms with Gasteiger partial charge in [0, 0.05) is 18.7 Å². The molecule has 0 unspecified atom stereocenters. The molecule has 0 saturated carbocycles. The van der Waals surface area contributed by atoms with Crippen LogP contribution in [0.5, 0.6) is 0 Å². The van der Waals surface area contributed by atoms with E-state index in [4.69, 9.17) is 0 Å². The van der Waals surface area contributed by atoms with Crippen molar-refractivity contribution < 1.29 is 9.59 Å². The smallest absolute Gasteiger partial charge is 0.261 e. The zero-order valence-corrected chi connectivity index (χ0v) is 15.1. The van der Waals surface area contributed by atoms with Crippen LogP contribution in [0.25, 0.3) is 0 Å². The SMILES string of the molecule is C\C=C/C(C)=C1/C=CC=C/C1=N\CCCN1C(=O)c2ccccc2C1=O. The molecule has 0 aromatic heterocycles. The minimum absolute atomic E-state index is 0.205. The number of hydrogen-bond donors (Lipinski definition) is 0. The van der Waals surface area contributed by atoms with Crippen molar-refractivity contribution in [1.82, 2.24) is 4.90 Å². The highest BCUT2D eigenvalue weighted by atomic mass is 16.2. The standard InChI is InChI=1S/C22H22N2O2/c1-3-9-16(2)17-10-6-7-13-20(17)23-14-8-15-24-21(25)18-11-4-5-12-19(18)22(24)26/h3-7,9-13H,8,14-15H2,1-2H3/b9-3-,17-16-,23-20+. The molecule has 26 heavy (non-hydrogen) atoms. The summed E-state index contributed by atoms with van der Waals surface area (Å²) in [5, 5.41) is 0. The number of nitrogens with zero attached hydrogens (tertiary/aromatic N) is 2. The maximum atomic E-state index is 12.4. The predicted octanol–water partition coefficient (Wildman–Crippen LogP) is 4.13. The van der Waals surface area contributed by atoms with E-state index in [0.29, 0.717) is 30.6 Å². The molecule has 132 valence electrons. The summed E-state index contributed by atoms with van der Waals surface area (Å²) in [7, 11) is 0. The molecule has 4 heteroatoms. The summed E-state index contributed by atoms with van der Waals surface area (Å²) >= 11 is 0. The highest BCUT2D eigenvalue weighted by Gasteiger charge is 2.34. The lowest BCUT2D eigenvalue weighted by Crippen LogP contribution is -2.31. The Balaban J connectivity index is 1.64. The van der Waals surface area contributed by atoms with Gasteiger partial charge in [0.1, 0.15) is 0 Å². The summed E-state index contributed by atoms with van der Waals surface area (Å²) in [6.07, 6.45) is 12.7. The van der Waals surface area contributed by atoms with Crippen LogP contribution in [0.3, 0.4) is 0 Å². The van der Waals surface area contributed by atoms with Crippen LogP contribution in [0.1, 0.15) is 41.0 Å². The van der Waals surface area contributed by atoms with E-state index in [9.17, 15) is 9.59 Å². The van der Waals surface area contributed by atoms with Gasteiger partial charge in [-0.2, -0.15) is 0 Å². The first-order valence-electron chi connectivity index (χ1n) is 8.82. The lowest BCUT2D eigenvalue weighted by atomic mass is 9.99. The second-order valence-corrected chi connectivity index (χ2v) is 6.24. The third-order valence-corrected chi connectivity index (χ3v) is 4.45. The van der Waals surface area contributed by atoms with Gasteiger partial charge in [-0.05, 0) is 44.1 Å². The van der Waals surface area contributed by atoms with Crippen LogP contribution < -0.4 is 0 Å². The third kappa shape index (κ3) is 3.49. The third-order valence-electron chi connectivity index (χ3n) is 4.45. The van der Waals surface area contributed by atoms with Gasteiger partial charge in [0.25, 0.3) is 11.8 Å². The summed E-state index contributed by atoms with van der Waals surface area (Å²) in [6.45, 7) is 5.00. The summed E-state index contributed by atoms with van der Waals surface area (Å²) in [6, 6.07) is 6.97. The Labute approximate surface area is 153 Å². The molecule has 2 amide bonds. The number of amides is 2. The Morgan fingerprint density at radius 3 is 2.38 bits per heavy atom. The normalized spacial score (nSPS) is 19.8. The summed E-state index contributed by atoms with van der Waals surface area (Å²) in [4.78, 5) is 30.7. The number of aliphatic imine (C=N–C) groups is 1. The molecule has 0 radical (unpaired) electrons. The van der Waals surface area contributed by atoms with Crippen molar-refractivity contribution in [3.8, 4) is 0 Å². The van der Waals surface area contributed by atoms with Crippen molar-refractivity contribution in [1.29, 1.82) is 0 Å². The molecule has 0 bridgehead atoms. The van der Waals surface area contributed by atoms with Crippen molar-refractivity contribution in [3.05, 3.63) is 83.0 Å². The first kappa shape index (κ1) is 17.8. The minimum atomic E-state index is -0.205. The quantitative estimate of drug-likeness (QED) is 0.594. The van der Waals surface area contributed by atoms with E-state index in [1.807, 2.05) is 31.2 Å². The van der Waals surface area contributed by atoms with Gasteiger partial charge in [0.2, 0.25) is 0 Å². The Morgan fingerprint density at radius 2 is 1.73 bits per heavy atom. The van der Waals surface area contributed by atoms with Crippen LogP contribution in [0, 0.1) is 0 Å². The molecule has 1 aliphatic heterocycles. The number of fused-ring (bicyclic) bond motifs is 1. The van der Waals surface area contributed by atoms with Crippen LogP contribution in [-0.2, 0) is 0 Å². The van der Waals surface area contributed by atoms with E-state index >= 15 is 0 Å². The van der Waals surface area contributed by atoms with E-state index in [2.05, 4.69) is 24.1 Å². The number of hydrogen-bond acceptors (Lipinski definition) is 3. The molecule has 0 spiro atoms. The molecule has 0 N–H and O–H groups in total. The van der Waals surface area contributed by atoms with Crippen molar-refractivity contribution in [2.75, 3.05) is 13.1 Å². The largest absolute Gasteiger partial charge is 0.285 e. The number of benzene rings is 1. The number of allylic oxidation sites excluding steroid dienone is 8. The molecule has 0 atom stereocenters. The first-order chi connectivity index (χ1) is 12.6. The second-order valence-electron chi connectivity index (χ2n) is 6.24. The van der Waals surface area contributed by atoms with Crippen molar-refractivity contribution >= 4 is 17.5 Å². The Hall–Kier alpha value is -3.01. The topological polar surface area (TPSA) is 49.7 Å². The van der Waals surface area contributed by atoms with Crippen LogP contribution in [-0.4, -0.2) is 35.5 Å². The molecule has 2 aliphatic rings. The second kappa shape index (κ2) is 7.91. The maximum absolute atomic E-state index is 12.4. The number of carbonyl (C=O) groups excluding carboxylic acids is 2. The lowest BCUT2D eigenvalue weighted by Gasteiger charge is -2.13. The van der Waals surface area contributed by atoms with Gasteiger partial charge in [-0.25, -0.2) is 0 Å². The highest BCUT2D eigenvalue weighted by molar-refractivity contribution is 6.21. The fourth-order valence-corrected chi connectivity index (χ4v) is 3.16. The Kier molecular flexibility index (Phi) is 5.42. The van der Waals surface area contributed by atoms with E-state index in [-0.39, 0.29) is 11.8 Å². The van der Waals surface area contributed by atoms with Crippen LogP contribution in [0.2, 0.25) is 0 Å². The number of carbonyl (C=O) groups is 2. The Morgan fingerprint density at radius 1 is 1.08 bits per heavy atom. The van der Waals surface area contributed by atoms with Gasteiger partial charge >= 0.3 is 0 Å². The van der Waals surface area contributed by atoms with Crippen molar-refractivity contribution in [2.24, 2.45) is 4.99 Å². The summed E-state index contributed by atoms with van der Waals surface area (Å²) in [5.41, 5.74) is 4.19. The summed E-state index contributed by atoms with van der Waals surface area (Å²) < 4.78 is 0. The molecule has 4 nitrogen and oxygen atoms in total. The van der Waals surface area contributed by atoms with Gasteiger partial charge in [-0.15, -0.1) is 0 Å². The molecule has 1 aliphatic carbocycles. The van der Waals surface area contributed by atoms with Gasteiger partial charge in [0.15, 0.2) is 0 Å². The average Bonchev–Trinajstić information content (AvgIpc) is 2.90. The van der Waals surface area contributed by atoms with E-state index in [0.717, 1.165) is 16.9 Å². The predicted molar refractivity (Wildman–Crippen MR) is 105 cm³/mol. The minimum Gasteiger partial charge on any atom is -0.285 e. The fraction of sp³-hybridized carbons (Fsp3) is 0.227. The number of rotatable bonds is 5. The van der Waals surface area contributed by atoms with Crippen LogP contribution >= 0.6 is 0 Å². The van der Waals surface area contributed by atoms with Gasteiger partial charge in [-0.3, -0.25) is 19.5 Å². The van der Waals surface area contributed by atoms with Gasteiger partial charge < -0.3 is 0 Å². The highest BCUT2D eigenvalue weighted by Crippen LogP contribution is 2.22. The zero-order chi connectivity index (χ0) is 18.5. The first-order valence-corrected chi connectivity index (χ1v) is 8.82. The maximum Gasteiger partial charge on any atom is 0.261 e. The van der Waals surface area contributed by atoms with Crippen molar-refractivity contribution in [2.45, 2.75) is 20.3 Å². The molecule has 1 heterocycles. The Bertz CT molecular complexity index is 850. The molecule has 0 saturated heterocycles. The van der Waals surface area contributed by atoms with Gasteiger partial charge in [0.05, 0.1) is 16.8 Å². The molecular formula is C22H22N2O2. The molecule has 1 aromatic rings. The number of imide groups is 1. The van der Waals surface area contributed by atoms with Crippen molar-refractivity contribution in [3.63, 3.8) is 0 Å². The molecule has 1 aromatic carbocycles. The monoisotopic (exact) mass is 346 g/mol. The zero-order valence-electron chi connectivity index (χ0n) is 15.1. The van der Waals surface area contributed by atoms with E-state index in [1.165, 1.54) is 4.90 Å². The average molecular weight is 346 g/mol. The molecule has 0 fully saturated rings. The fourth-order valence-electron chi connectivity index (χ4n) is 3.16. The van der Waals surface area contributed by atoms with E-state index in [1.54, 1.807) is 24.3 Å². The van der Waals surface area contributed by atoms with Gasteiger partial charge in [-0.1, -0.05) is 42.5 Å². The molecule has 3 rings (SSSR count). The summed E-state index contributed by atoms with van der Waals surface area (Å²) in [5.74, 6) is -0.411. The molecular weight excluding hydrogens is 324 g/mol. The van der Waals surface area contributed by atoms with Crippen LogP contribution in [0.4, 0.5) is 0 Å². The van der Waals surface area contributed by atoms with E-state index < -0.39 is 0 Å².